The summed E-state index contributed by atoms with van der Waals surface area (Å²) >= 11 is 5.62. The summed E-state index contributed by atoms with van der Waals surface area (Å²) in [6.07, 6.45) is 1.50. The van der Waals surface area contributed by atoms with Gasteiger partial charge in [0.2, 0.25) is 5.91 Å². The van der Waals surface area contributed by atoms with Gasteiger partial charge in [-0.1, -0.05) is 0 Å². The van der Waals surface area contributed by atoms with Gasteiger partial charge in [0.05, 0.1) is 11.6 Å². The molecular formula is C12H12ClN3O2. The van der Waals surface area contributed by atoms with Crippen LogP contribution >= 0.6 is 11.6 Å². The van der Waals surface area contributed by atoms with E-state index in [1.807, 2.05) is 12.1 Å². The van der Waals surface area contributed by atoms with Gasteiger partial charge in [0.15, 0.2) is 0 Å². The summed E-state index contributed by atoms with van der Waals surface area (Å²) in [5.74, 6) is 0.210. The molecule has 1 heterocycles. The van der Waals surface area contributed by atoms with Gasteiger partial charge >= 0.3 is 0 Å². The Kier molecular flexibility index (Phi) is 3.84. The Bertz CT molecular complexity index is 537. The maximum atomic E-state index is 10.9. The fourth-order valence-corrected chi connectivity index (χ4v) is 1.51. The number of oxazole rings is 1. The van der Waals surface area contributed by atoms with Crippen LogP contribution in [0.4, 0.5) is 17.4 Å². The SMILES string of the molecule is CC(=O)Nc1ccc(Nc2nc(CCl)co2)cc1. The van der Waals surface area contributed by atoms with Crippen LogP contribution in [0.2, 0.25) is 0 Å². The second kappa shape index (κ2) is 5.55. The predicted octanol–water partition coefficient (Wildman–Crippen LogP) is 3.12. The lowest BCUT2D eigenvalue weighted by Crippen LogP contribution is -2.05. The van der Waals surface area contributed by atoms with E-state index in [1.165, 1.54) is 13.2 Å². The number of aromatic nitrogens is 1. The molecule has 18 heavy (non-hydrogen) atoms. The first kappa shape index (κ1) is 12.4. The normalized spacial score (nSPS) is 10.1. The Balaban J connectivity index is 2.03. The number of hydrogen-bond donors (Lipinski definition) is 2. The van der Waals surface area contributed by atoms with Crippen LogP contribution in [0.1, 0.15) is 12.6 Å². The van der Waals surface area contributed by atoms with Gasteiger partial charge in [-0.15, -0.1) is 11.6 Å². The highest BCUT2D eigenvalue weighted by molar-refractivity contribution is 6.16. The minimum atomic E-state index is -0.102. The number of carbonyl (C=O) groups is 1. The summed E-state index contributed by atoms with van der Waals surface area (Å²) in [6.45, 7) is 1.46. The fourth-order valence-electron chi connectivity index (χ4n) is 1.39. The number of alkyl halides is 1. The number of carbonyl (C=O) groups excluding carboxylic acids is 1. The summed E-state index contributed by atoms with van der Waals surface area (Å²) in [4.78, 5) is 15.0. The number of nitrogens with zero attached hydrogens (tertiary/aromatic N) is 1. The van der Waals surface area contributed by atoms with E-state index in [0.717, 1.165) is 11.4 Å². The smallest absolute Gasteiger partial charge is 0.299 e. The van der Waals surface area contributed by atoms with Crippen LogP contribution in [0.3, 0.4) is 0 Å². The molecule has 1 aromatic carbocycles. The molecule has 94 valence electrons. The molecule has 2 aromatic rings. The first-order valence-electron chi connectivity index (χ1n) is 5.32. The number of benzene rings is 1. The Morgan fingerprint density at radius 1 is 1.33 bits per heavy atom. The van der Waals surface area contributed by atoms with E-state index in [0.29, 0.717) is 17.6 Å². The van der Waals surface area contributed by atoms with Crippen molar-refractivity contribution in [3.05, 3.63) is 36.2 Å². The lowest BCUT2D eigenvalue weighted by Gasteiger charge is -2.04. The highest BCUT2D eigenvalue weighted by Crippen LogP contribution is 2.19. The number of rotatable bonds is 4. The van der Waals surface area contributed by atoms with E-state index in [2.05, 4.69) is 15.6 Å². The lowest BCUT2D eigenvalue weighted by molar-refractivity contribution is -0.114. The number of amides is 1. The molecule has 0 saturated heterocycles. The zero-order valence-corrected chi connectivity index (χ0v) is 10.5. The Morgan fingerprint density at radius 3 is 2.56 bits per heavy atom. The average Bonchev–Trinajstić information content (AvgIpc) is 2.79. The summed E-state index contributed by atoms with van der Waals surface area (Å²) < 4.78 is 5.18. The van der Waals surface area contributed by atoms with Crippen molar-refractivity contribution < 1.29 is 9.21 Å². The molecule has 1 amide bonds. The monoisotopic (exact) mass is 265 g/mol. The molecule has 2 rings (SSSR count). The van der Waals surface area contributed by atoms with Crippen LogP contribution in [0, 0.1) is 0 Å². The second-order valence-corrected chi connectivity index (χ2v) is 3.93. The molecule has 2 N–H and O–H groups in total. The third-order valence-corrected chi connectivity index (χ3v) is 2.42. The predicted molar refractivity (Wildman–Crippen MR) is 70.1 cm³/mol. The van der Waals surface area contributed by atoms with E-state index < -0.39 is 0 Å². The zero-order valence-electron chi connectivity index (χ0n) is 9.74. The number of nitrogens with one attached hydrogen (secondary N) is 2. The first-order valence-corrected chi connectivity index (χ1v) is 5.86. The van der Waals surface area contributed by atoms with Crippen molar-refractivity contribution in [2.45, 2.75) is 12.8 Å². The van der Waals surface area contributed by atoms with Crippen molar-refractivity contribution in [2.24, 2.45) is 0 Å². The van der Waals surface area contributed by atoms with E-state index in [1.54, 1.807) is 12.1 Å². The number of hydrogen-bond acceptors (Lipinski definition) is 4. The van der Waals surface area contributed by atoms with E-state index in [9.17, 15) is 4.79 Å². The maximum absolute atomic E-state index is 10.9. The molecule has 0 bridgehead atoms. The van der Waals surface area contributed by atoms with Gasteiger partial charge in [-0.05, 0) is 24.3 Å². The van der Waals surface area contributed by atoms with E-state index in [-0.39, 0.29) is 5.91 Å². The van der Waals surface area contributed by atoms with Crippen LogP contribution in [0.25, 0.3) is 0 Å². The Hall–Kier alpha value is -2.01. The van der Waals surface area contributed by atoms with E-state index >= 15 is 0 Å². The van der Waals surface area contributed by atoms with Crippen molar-refractivity contribution in [3.8, 4) is 0 Å². The Morgan fingerprint density at radius 2 is 2.00 bits per heavy atom. The molecular weight excluding hydrogens is 254 g/mol. The van der Waals surface area contributed by atoms with Crippen molar-refractivity contribution in [1.82, 2.24) is 4.98 Å². The number of halogens is 1. The van der Waals surface area contributed by atoms with Crippen LogP contribution < -0.4 is 10.6 Å². The second-order valence-electron chi connectivity index (χ2n) is 3.66. The molecule has 0 radical (unpaired) electrons. The van der Waals surface area contributed by atoms with Crippen LogP contribution in [-0.4, -0.2) is 10.9 Å². The molecule has 0 aliphatic carbocycles. The molecule has 0 spiro atoms. The van der Waals surface area contributed by atoms with Gasteiger partial charge in [0.1, 0.15) is 6.26 Å². The van der Waals surface area contributed by atoms with Crippen LogP contribution in [0.15, 0.2) is 34.9 Å². The van der Waals surface area contributed by atoms with Crippen LogP contribution in [-0.2, 0) is 10.7 Å². The van der Waals surface area contributed by atoms with Gasteiger partial charge in [0, 0.05) is 18.3 Å². The minimum Gasteiger partial charge on any atom is -0.432 e. The fraction of sp³-hybridized carbons (Fsp3) is 0.167. The topological polar surface area (TPSA) is 67.2 Å². The minimum absolute atomic E-state index is 0.102. The third-order valence-electron chi connectivity index (χ3n) is 2.15. The van der Waals surface area contributed by atoms with Gasteiger partial charge in [-0.25, -0.2) is 0 Å². The number of anilines is 3. The Labute approximate surface area is 109 Å². The maximum Gasteiger partial charge on any atom is 0.299 e. The van der Waals surface area contributed by atoms with Crippen molar-refractivity contribution in [2.75, 3.05) is 10.6 Å². The van der Waals surface area contributed by atoms with Gasteiger partial charge < -0.3 is 15.1 Å². The molecule has 0 atom stereocenters. The van der Waals surface area contributed by atoms with Gasteiger partial charge in [0.25, 0.3) is 6.01 Å². The molecule has 6 heteroatoms. The molecule has 0 aliphatic heterocycles. The molecule has 0 fully saturated rings. The zero-order chi connectivity index (χ0) is 13.0. The first-order chi connectivity index (χ1) is 8.67. The van der Waals surface area contributed by atoms with Crippen molar-refractivity contribution in [1.29, 1.82) is 0 Å². The molecule has 0 unspecified atom stereocenters. The van der Waals surface area contributed by atoms with E-state index in [4.69, 9.17) is 16.0 Å². The third kappa shape index (κ3) is 3.24. The molecule has 5 nitrogen and oxygen atoms in total. The standard InChI is InChI=1S/C12H12ClN3O2/c1-8(17)14-9-2-4-10(5-3-9)15-12-16-11(6-13)7-18-12/h2-5,7H,6H2,1H3,(H,14,17)(H,15,16). The summed E-state index contributed by atoms with van der Waals surface area (Å²) in [6, 6.07) is 7.59. The van der Waals surface area contributed by atoms with Gasteiger partial charge in [-0.2, -0.15) is 4.98 Å². The van der Waals surface area contributed by atoms with Crippen LogP contribution in [0.5, 0.6) is 0 Å². The molecule has 1 aromatic heterocycles. The largest absolute Gasteiger partial charge is 0.432 e. The highest BCUT2D eigenvalue weighted by atomic mass is 35.5. The quantitative estimate of drug-likeness (QED) is 0.834. The molecule has 0 aliphatic rings. The summed E-state index contributed by atoms with van der Waals surface area (Å²) in [5, 5.41) is 5.68. The lowest BCUT2D eigenvalue weighted by atomic mass is 10.3. The summed E-state index contributed by atoms with van der Waals surface area (Å²) in [5.41, 5.74) is 2.23. The molecule has 0 saturated carbocycles. The van der Waals surface area contributed by atoms with Crippen molar-refractivity contribution >= 4 is 34.9 Å². The highest BCUT2D eigenvalue weighted by Gasteiger charge is 2.03. The van der Waals surface area contributed by atoms with Crippen molar-refractivity contribution in [3.63, 3.8) is 0 Å². The van der Waals surface area contributed by atoms with Gasteiger partial charge in [-0.3, -0.25) is 4.79 Å². The summed E-state index contributed by atoms with van der Waals surface area (Å²) in [7, 11) is 0. The average molecular weight is 266 g/mol.